The zero-order valence-electron chi connectivity index (χ0n) is 11.5. The van der Waals surface area contributed by atoms with Gasteiger partial charge in [-0.05, 0) is 17.2 Å². The fourth-order valence-electron chi connectivity index (χ4n) is 3.46. The average molecular weight is 259 g/mol. The smallest absolute Gasteiger partial charge is 0.0576 e. The number of fused-ring (bicyclic) bond motifs is 5. The van der Waals surface area contributed by atoms with Gasteiger partial charge in [-0.25, -0.2) is 0 Å². The van der Waals surface area contributed by atoms with Gasteiger partial charge in [-0.2, -0.15) is 0 Å². The Balaban J connectivity index is 2.04. The van der Waals surface area contributed by atoms with Crippen LogP contribution in [0.5, 0.6) is 0 Å². The van der Waals surface area contributed by atoms with Crippen LogP contribution in [0.15, 0.2) is 72.8 Å². The summed E-state index contributed by atoms with van der Waals surface area (Å²) in [5.41, 5.74) is 5.44. The fourth-order valence-corrected chi connectivity index (χ4v) is 3.46. The summed E-state index contributed by atoms with van der Waals surface area (Å²) < 4.78 is 0. The molecule has 1 aliphatic carbocycles. The molecule has 0 amide bonds. The van der Waals surface area contributed by atoms with E-state index in [1.54, 1.807) is 0 Å². The Morgan fingerprint density at radius 2 is 1.50 bits per heavy atom. The van der Waals surface area contributed by atoms with Gasteiger partial charge in [0.1, 0.15) is 0 Å². The first-order valence-electron chi connectivity index (χ1n) is 7.12. The molecule has 1 heteroatoms. The molecule has 0 saturated carbocycles. The molecule has 0 bridgehead atoms. The highest BCUT2D eigenvalue weighted by Gasteiger charge is 2.31. The lowest BCUT2D eigenvalue weighted by Crippen LogP contribution is -2.34. The number of hydrogen-bond acceptors (Lipinski definition) is 1. The van der Waals surface area contributed by atoms with Gasteiger partial charge in [0.2, 0.25) is 0 Å². The molecular formula is C19H17N. The van der Waals surface area contributed by atoms with Crippen molar-refractivity contribution in [1.29, 1.82) is 0 Å². The molecule has 0 saturated heterocycles. The van der Waals surface area contributed by atoms with E-state index in [0.717, 1.165) is 0 Å². The molecule has 2 unspecified atom stereocenters. The van der Waals surface area contributed by atoms with Gasteiger partial charge in [-0.15, -0.1) is 0 Å². The summed E-state index contributed by atoms with van der Waals surface area (Å²) in [6, 6.07) is 17.9. The second-order valence-electron chi connectivity index (χ2n) is 5.50. The van der Waals surface area contributed by atoms with Crippen molar-refractivity contribution in [1.82, 2.24) is 0 Å². The van der Waals surface area contributed by atoms with Gasteiger partial charge in [0, 0.05) is 24.2 Å². The third-order valence-corrected chi connectivity index (χ3v) is 4.45. The van der Waals surface area contributed by atoms with Crippen LogP contribution in [-0.4, -0.2) is 13.1 Å². The Labute approximate surface area is 119 Å². The van der Waals surface area contributed by atoms with Crippen LogP contribution >= 0.6 is 0 Å². The Morgan fingerprint density at radius 1 is 0.800 bits per heavy atom. The summed E-state index contributed by atoms with van der Waals surface area (Å²) in [6.07, 6.45) is 8.96. The highest BCUT2D eigenvalue weighted by Crippen LogP contribution is 2.43. The first kappa shape index (κ1) is 11.5. The van der Waals surface area contributed by atoms with Crippen LogP contribution in [0.25, 0.3) is 11.1 Å². The van der Waals surface area contributed by atoms with Crippen molar-refractivity contribution in [2.75, 3.05) is 11.9 Å². The average Bonchev–Trinajstić information content (AvgIpc) is 2.64. The molecule has 0 aromatic heterocycles. The van der Waals surface area contributed by atoms with Gasteiger partial charge in [0.15, 0.2) is 0 Å². The molecule has 1 nitrogen and oxygen atoms in total. The maximum Gasteiger partial charge on any atom is 0.0576 e. The van der Waals surface area contributed by atoms with E-state index in [9.17, 15) is 0 Å². The van der Waals surface area contributed by atoms with Gasteiger partial charge in [-0.1, -0.05) is 66.8 Å². The monoisotopic (exact) mass is 259 g/mol. The van der Waals surface area contributed by atoms with Crippen molar-refractivity contribution < 1.29 is 0 Å². The van der Waals surface area contributed by atoms with Crippen LogP contribution in [0.4, 0.5) is 5.69 Å². The summed E-state index contributed by atoms with van der Waals surface area (Å²) in [5.74, 6) is 0.425. The molecule has 4 rings (SSSR count). The van der Waals surface area contributed by atoms with Crippen molar-refractivity contribution in [3.63, 3.8) is 0 Å². The third-order valence-electron chi connectivity index (χ3n) is 4.45. The minimum absolute atomic E-state index is 0.393. The van der Waals surface area contributed by atoms with Crippen LogP contribution in [0.1, 0.15) is 11.5 Å². The van der Waals surface area contributed by atoms with E-state index in [2.05, 4.69) is 84.8 Å². The molecule has 0 fully saturated rings. The van der Waals surface area contributed by atoms with E-state index >= 15 is 0 Å². The molecule has 0 radical (unpaired) electrons. The van der Waals surface area contributed by atoms with E-state index in [4.69, 9.17) is 0 Å². The van der Waals surface area contributed by atoms with Crippen molar-refractivity contribution in [2.45, 2.75) is 12.0 Å². The standard InChI is InChI=1S/C19H17N/c1-20-18-12-6-4-10-16(18)14-8-2-3-9-15(14)17-11-5-7-13-19(17)20/h2-13,16,18H,1H3. The van der Waals surface area contributed by atoms with E-state index in [-0.39, 0.29) is 0 Å². The van der Waals surface area contributed by atoms with Crippen molar-refractivity contribution in [3.8, 4) is 11.1 Å². The van der Waals surface area contributed by atoms with Gasteiger partial charge in [0.05, 0.1) is 6.04 Å². The number of nitrogens with zero attached hydrogens (tertiary/aromatic N) is 1. The van der Waals surface area contributed by atoms with E-state index < -0.39 is 0 Å². The van der Waals surface area contributed by atoms with Crippen LogP contribution < -0.4 is 4.90 Å². The van der Waals surface area contributed by atoms with Crippen LogP contribution in [0.2, 0.25) is 0 Å². The van der Waals surface area contributed by atoms with Crippen molar-refractivity contribution in [2.24, 2.45) is 0 Å². The highest BCUT2D eigenvalue weighted by molar-refractivity contribution is 5.83. The Hall–Kier alpha value is -2.28. The zero-order valence-corrected chi connectivity index (χ0v) is 11.5. The number of allylic oxidation sites excluding steroid dienone is 2. The predicted octanol–water partition coefficient (Wildman–Crippen LogP) is 4.38. The first-order chi connectivity index (χ1) is 9.86. The second-order valence-corrected chi connectivity index (χ2v) is 5.50. The number of likely N-dealkylation sites (N-methyl/N-ethyl adjacent to an activating group) is 1. The summed E-state index contributed by atoms with van der Waals surface area (Å²) in [5, 5.41) is 0. The molecule has 20 heavy (non-hydrogen) atoms. The molecular weight excluding hydrogens is 242 g/mol. The normalized spacial score (nSPS) is 22.8. The summed E-state index contributed by atoms with van der Waals surface area (Å²) in [7, 11) is 2.20. The fraction of sp³-hybridized carbons (Fsp3) is 0.158. The van der Waals surface area contributed by atoms with Gasteiger partial charge in [-0.3, -0.25) is 0 Å². The number of rotatable bonds is 0. The van der Waals surface area contributed by atoms with Gasteiger partial charge < -0.3 is 4.90 Å². The third kappa shape index (κ3) is 1.56. The largest absolute Gasteiger partial charge is 0.367 e. The lowest BCUT2D eigenvalue weighted by Gasteiger charge is -2.32. The van der Waals surface area contributed by atoms with Crippen LogP contribution in [0.3, 0.4) is 0 Å². The molecule has 1 aliphatic heterocycles. The molecule has 0 spiro atoms. The minimum atomic E-state index is 0.393. The molecule has 98 valence electrons. The van der Waals surface area contributed by atoms with Crippen molar-refractivity contribution in [3.05, 3.63) is 78.4 Å². The molecule has 2 aliphatic rings. The maximum atomic E-state index is 2.40. The lowest BCUT2D eigenvalue weighted by atomic mass is 9.85. The number of hydrogen-bond donors (Lipinski definition) is 0. The molecule has 2 aromatic rings. The van der Waals surface area contributed by atoms with Gasteiger partial charge >= 0.3 is 0 Å². The number of benzene rings is 2. The maximum absolute atomic E-state index is 2.40. The summed E-state index contributed by atoms with van der Waals surface area (Å²) in [6.45, 7) is 0. The van der Waals surface area contributed by atoms with Crippen molar-refractivity contribution >= 4 is 5.69 Å². The van der Waals surface area contributed by atoms with E-state index in [1.165, 1.54) is 22.4 Å². The predicted molar refractivity (Wildman–Crippen MR) is 85.1 cm³/mol. The van der Waals surface area contributed by atoms with Crippen LogP contribution in [-0.2, 0) is 0 Å². The second kappa shape index (κ2) is 4.38. The Bertz CT molecular complexity index is 711. The Kier molecular flexibility index (Phi) is 2.53. The molecule has 0 N–H and O–H groups in total. The topological polar surface area (TPSA) is 3.24 Å². The first-order valence-corrected chi connectivity index (χ1v) is 7.12. The number of para-hydroxylation sites is 1. The minimum Gasteiger partial charge on any atom is -0.367 e. The molecule has 2 atom stereocenters. The van der Waals surface area contributed by atoms with E-state index in [1.807, 2.05) is 0 Å². The van der Waals surface area contributed by atoms with Gasteiger partial charge in [0.25, 0.3) is 0 Å². The number of anilines is 1. The quantitative estimate of drug-likeness (QED) is 0.678. The lowest BCUT2D eigenvalue weighted by molar-refractivity contribution is 0.676. The zero-order chi connectivity index (χ0) is 13.5. The highest BCUT2D eigenvalue weighted by atomic mass is 15.1. The summed E-state index contributed by atoms with van der Waals surface area (Å²) >= 11 is 0. The molecule has 2 aromatic carbocycles. The summed E-state index contributed by atoms with van der Waals surface area (Å²) in [4.78, 5) is 2.40. The SMILES string of the molecule is CN1c2ccccc2-c2ccccc2C2C=CC=CC21. The molecule has 1 heterocycles. The van der Waals surface area contributed by atoms with Crippen LogP contribution in [0, 0.1) is 0 Å². The Morgan fingerprint density at radius 3 is 2.40 bits per heavy atom. The van der Waals surface area contributed by atoms with E-state index in [0.29, 0.717) is 12.0 Å².